The van der Waals surface area contributed by atoms with E-state index in [0.717, 1.165) is 23.9 Å². The van der Waals surface area contributed by atoms with E-state index in [2.05, 4.69) is 15.2 Å². The van der Waals surface area contributed by atoms with Crippen LogP contribution in [-0.4, -0.2) is 30.8 Å². The Labute approximate surface area is 125 Å². The number of carbonyl (C=O) groups is 1. The Morgan fingerprint density at radius 1 is 1.48 bits per heavy atom. The van der Waals surface area contributed by atoms with E-state index in [-0.39, 0.29) is 11.3 Å². The molecule has 2 heterocycles. The van der Waals surface area contributed by atoms with Crippen molar-refractivity contribution >= 4 is 17.7 Å². The second-order valence-corrected chi connectivity index (χ2v) is 5.60. The SMILES string of the molecule is CCCn1c(Sc2cc(C)nc(C)c2C(=O)O)n[nH]c1=O. The molecule has 0 bridgehead atoms. The van der Waals surface area contributed by atoms with Crippen LogP contribution in [0.15, 0.2) is 20.9 Å². The summed E-state index contributed by atoms with van der Waals surface area (Å²) in [6, 6.07) is 1.69. The number of aromatic amines is 1. The van der Waals surface area contributed by atoms with Gasteiger partial charge in [0.15, 0.2) is 5.16 Å². The summed E-state index contributed by atoms with van der Waals surface area (Å²) in [7, 11) is 0. The monoisotopic (exact) mass is 308 g/mol. The highest BCUT2D eigenvalue weighted by atomic mass is 32.2. The van der Waals surface area contributed by atoms with Crippen LogP contribution >= 0.6 is 11.8 Å². The van der Waals surface area contributed by atoms with E-state index >= 15 is 0 Å². The lowest BCUT2D eigenvalue weighted by atomic mass is 10.2. The highest BCUT2D eigenvalue weighted by molar-refractivity contribution is 7.99. The summed E-state index contributed by atoms with van der Waals surface area (Å²) in [5.74, 6) is -1.04. The molecule has 0 radical (unpaired) electrons. The second-order valence-electron chi connectivity index (χ2n) is 4.59. The van der Waals surface area contributed by atoms with Gasteiger partial charge in [0.25, 0.3) is 0 Å². The molecule has 0 spiro atoms. The maximum atomic E-state index is 11.7. The minimum Gasteiger partial charge on any atom is -0.478 e. The second kappa shape index (κ2) is 6.13. The van der Waals surface area contributed by atoms with Crippen molar-refractivity contribution in [2.75, 3.05) is 0 Å². The zero-order valence-electron chi connectivity index (χ0n) is 12.0. The molecule has 112 valence electrons. The molecule has 0 fully saturated rings. The first-order valence-electron chi connectivity index (χ1n) is 6.48. The van der Waals surface area contributed by atoms with E-state index in [1.54, 1.807) is 19.9 Å². The van der Waals surface area contributed by atoms with Gasteiger partial charge < -0.3 is 5.11 Å². The number of pyridine rings is 1. The predicted octanol–water partition coefficient (Wildman–Crippen LogP) is 1.84. The molecule has 2 rings (SSSR count). The van der Waals surface area contributed by atoms with Gasteiger partial charge in [-0.3, -0.25) is 9.55 Å². The van der Waals surface area contributed by atoms with Crippen LogP contribution in [0.1, 0.15) is 35.1 Å². The summed E-state index contributed by atoms with van der Waals surface area (Å²) < 4.78 is 1.50. The van der Waals surface area contributed by atoms with E-state index in [0.29, 0.717) is 22.3 Å². The number of hydrogen-bond acceptors (Lipinski definition) is 5. The molecule has 0 aromatic carbocycles. The van der Waals surface area contributed by atoms with Crippen LogP contribution in [0.25, 0.3) is 0 Å². The lowest BCUT2D eigenvalue weighted by molar-refractivity contribution is 0.0691. The normalized spacial score (nSPS) is 10.8. The Balaban J connectivity index is 2.49. The Morgan fingerprint density at radius 2 is 2.19 bits per heavy atom. The standard InChI is InChI=1S/C13H16N4O3S/c1-4-5-17-12(20)15-16-13(17)21-9-6-7(2)14-8(3)10(9)11(18)19/h6H,4-5H2,1-3H3,(H,15,20)(H,18,19). The van der Waals surface area contributed by atoms with Crippen molar-refractivity contribution < 1.29 is 9.90 Å². The Hall–Kier alpha value is -2.09. The Morgan fingerprint density at radius 3 is 2.81 bits per heavy atom. The van der Waals surface area contributed by atoms with E-state index in [9.17, 15) is 14.7 Å². The molecule has 0 aliphatic rings. The number of aromatic nitrogens is 4. The molecule has 0 saturated heterocycles. The van der Waals surface area contributed by atoms with Crippen LogP contribution in [0.2, 0.25) is 0 Å². The number of aryl methyl sites for hydroxylation is 2. The van der Waals surface area contributed by atoms with E-state index in [1.165, 1.54) is 4.57 Å². The van der Waals surface area contributed by atoms with Crippen molar-refractivity contribution in [3.63, 3.8) is 0 Å². The van der Waals surface area contributed by atoms with Crippen LogP contribution in [0, 0.1) is 13.8 Å². The van der Waals surface area contributed by atoms with Gasteiger partial charge in [0.2, 0.25) is 0 Å². The van der Waals surface area contributed by atoms with E-state index in [1.807, 2.05) is 6.92 Å². The zero-order valence-corrected chi connectivity index (χ0v) is 12.8. The smallest absolute Gasteiger partial charge is 0.343 e. The van der Waals surface area contributed by atoms with Crippen molar-refractivity contribution in [1.29, 1.82) is 0 Å². The lowest BCUT2D eigenvalue weighted by Gasteiger charge is -2.09. The predicted molar refractivity (Wildman–Crippen MR) is 77.9 cm³/mol. The molecule has 0 amide bonds. The molecule has 2 aromatic rings. The number of hydrogen-bond donors (Lipinski definition) is 2. The summed E-state index contributed by atoms with van der Waals surface area (Å²) in [4.78, 5) is 27.8. The van der Waals surface area contributed by atoms with Crippen molar-refractivity contribution in [3.8, 4) is 0 Å². The van der Waals surface area contributed by atoms with Crippen LogP contribution in [-0.2, 0) is 6.54 Å². The number of carboxylic acids is 1. The van der Waals surface area contributed by atoms with Crippen molar-refractivity contribution in [2.24, 2.45) is 0 Å². The molecular formula is C13H16N4O3S. The van der Waals surface area contributed by atoms with Crippen LogP contribution in [0.3, 0.4) is 0 Å². The van der Waals surface area contributed by atoms with Gasteiger partial charge in [-0.25, -0.2) is 14.7 Å². The van der Waals surface area contributed by atoms with E-state index in [4.69, 9.17) is 0 Å². The Kier molecular flexibility index (Phi) is 4.46. The molecule has 2 N–H and O–H groups in total. The van der Waals surface area contributed by atoms with Gasteiger partial charge in [0.1, 0.15) is 0 Å². The number of carboxylic acid groups (broad SMARTS) is 1. The first kappa shape index (κ1) is 15.3. The fourth-order valence-electron chi connectivity index (χ4n) is 2.03. The van der Waals surface area contributed by atoms with Gasteiger partial charge in [-0.1, -0.05) is 6.92 Å². The number of H-pyrrole nitrogens is 1. The number of nitrogens with zero attached hydrogens (tertiary/aromatic N) is 3. The third-order valence-electron chi connectivity index (χ3n) is 2.88. The fourth-order valence-corrected chi connectivity index (χ4v) is 3.17. The van der Waals surface area contributed by atoms with Crippen molar-refractivity contribution in [3.05, 3.63) is 33.5 Å². The first-order valence-corrected chi connectivity index (χ1v) is 7.30. The van der Waals surface area contributed by atoms with Gasteiger partial charge in [-0.05, 0) is 38.1 Å². The lowest BCUT2D eigenvalue weighted by Crippen LogP contribution is -2.17. The third kappa shape index (κ3) is 3.15. The minimum absolute atomic E-state index is 0.143. The van der Waals surface area contributed by atoms with Crippen molar-refractivity contribution in [1.82, 2.24) is 19.7 Å². The molecule has 8 heteroatoms. The van der Waals surface area contributed by atoms with Crippen molar-refractivity contribution in [2.45, 2.75) is 43.8 Å². The van der Waals surface area contributed by atoms with E-state index < -0.39 is 5.97 Å². The first-order chi connectivity index (χ1) is 9.93. The number of aromatic carboxylic acids is 1. The third-order valence-corrected chi connectivity index (χ3v) is 3.91. The molecule has 0 unspecified atom stereocenters. The molecule has 2 aromatic heterocycles. The van der Waals surface area contributed by atoms with Gasteiger partial charge in [0, 0.05) is 17.1 Å². The van der Waals surface area contributed by atoms with Crippen LogP contribution < -0.4 is 5.69 Å². The highest BCUT2D eigenvalue weighted by Crippen LogP contribution is 2.30. The number of nitrogens with one attached hydrogen (secondary N) is 1. The molecule has 7 nitrogen and oxygen atoms in total. The quantitative estimate of drug-likeness (QED) is 0.874. The summed E-state index contributed by atoms with van der Waals surface area (Å²) >= 11 is 1.16. The average molecular weight is 308 g/mol. The number of rotatable bonds is 5. The maximum Gasteiger partial charge on any atom is 0.343 e. The topological polar surface area (TPSA) is 101 Å². The molecule has 0 aliphatic carbocycles. The summed E-state index contributed by atoms with van der Waals surface area (Å²) in [6.45, 7) is 5.94. The minimum atomic E-state index is -1.04. The molecule has 0 aliphatic heterocycles. The molecule has 0 atom stereocenters. The van der Waals surface area contributed by atoms with Crippen LogP contribution in [0.5, 0.6) is 0 Å². The maximum absolute atomic E-state index is 11.7. The Bertz CT molecular complexity index is 736. The van der Waals surface area contributed by atoms with Gasteiger partial charge in [-0.15, -0.1) is 5.10 Å². The van der Waals surface area contributed by atoms with Gasteiger partial charge in [0.05, 0.1) is 11.3 Å². The van der Waals surface area contributed by atoms with Gasteiger partial charge in [-0.2, -0.15) is 0 Å². The largest absolute Gasteiger partial charge is 0.478 e. The molecule has 21 heavy (non-hydrogen) atoms. The zero-order chi connectivity index (χ0) is 15.6. The van der Waals surface area contributed by atoms with Gasteiger partial charge >= 0.3 is 11.7 Å². The highest BCUT2D eigenvalue weighted by Gasteiger charge is 2.19. The molecular weight excluding hydrogens is 292 g/mol. The summed E-state index contributed by atoms with van der Waals surface area (Å²) in [6.07, 6.45) is 0.785. The summed E-state index contributed by atoms with van der Waals surface area (Å²) in [5.41, 5.74) is 1.02. The fraction of sp³-hybridized carbons (Fsp3) is 0.385. The average Bonchev–Trinajstić information content (AvgIpc) is 2.70. The summed E-state index contributed by atoms with van der Waals surface area (Å²) in [5, 5.41) is 16.2. The molecule has 0 saturated carbocycles. The van der Waals surface area contributed by atoms with Crippen LogP contribution in [0.4, 0.5) is 0 Å².